The fraction of sp³-hybridized carbons (Fsp3) is 0.400. The standard InChI is InChI=1S/C15H20N2O/c1-4-13(16)15-9-14(17-18-15)12-7-5-11(6-8-12)10(2)3/h5-10,13H,4,16H2,1-3H3. The second-order valence-electron chi connectivity index (χ2n) is 4.91. The normalized spacial score (nSPS) is 12.9. The van der Waals surface area contributed by atoms with E-state index in [1.54, 1.807) is 0 Å². The number of hydrogen-bond donors (Lipinski definition) is 1. The minimum absolute atomic E-state index is 0.0683. The maximum atomic E-state index is 5.92. The molecule has 0 fully saturated rings. The molecule has 1 atom stereocenters. The lowest BCUT2D eigenvalue weighted by molar-refractivity contribution is 0.360. The van der Waals surface area contributed by atoms with Crippen molar-refractivity contribution >= 4 is 0 Å². The lowest BCUT2D eigenvalue weighted by atomic mass is 10.0. The topological polar surface area (TPSA) is 52.0 Å². The van der Waals surface area contributed by atoms with E-state index in [9.17, 15) is 0 Å². The minimum atomic E-state index is -0.0683. The molecule has 2 N–H and O–H groups in total. The van der Waals surface area contributed by atoms with E-state index in [1.165, 1.54) is 5.56 Å². The Morgan fingerprint density at radius 2 is 1.89 bits per heavy atom. The van der Waals surface area contributed by atoms with Gasteiger partial charge in [0.25, 0.3) is 0 Å². The van der Waals surface area contributed by atoms with E-state index >= 15 is 0 Å². The van der Waals surface area contributed by atoms with Gasteiger partial charge in [0.1, 0.15) is 5.69 Å². The number of rotatable bonds is 4. The Kier molecular flexibility index (Phi) is 3.82. The first kappa shape index (κ1) is 12.8. The Morgan fingerprint density at radius 1 is 1.22 bits per heavy atom. The van der Waals surface area contributed by atoms with Gasteiger partial charge < -0.3 is 10.3 Å². The van der Waals surface area contributed by atoms with Gasteiger partial charge in [-0.25, -0.2) is 0 Å². The molecule has 0 saturated carbocycles. The largest absolute Gasteiger partial charge is 0.359 e. The van der Waals surface area contributed by atoms with Gasteiger partial charge >= 0.3 is 0 Å². The average Bonchev–Trinajstić information content (AvgIpc) is 2.87. The molecule has 0 aliphatic rings. The maximum absolute atomic E-state index is 5.92. The summed E-state index contributed by atoms with van der Waals surface area (Å²) in [6.45, 7) is 6.40. The quantitative estimate of drug-likeness (QED) is 0.888. The van der Waals surface area contributed by atoms with Crippen molar-refractivity contribution in [2.24, 2.45) is 5.73 Å². The van der Waals surface area contributed by atoms with Gasteiger partial charge in [0.05, 0.1) is 6.04 Å². The van der Waals surface area contributed by atoms with Crippen LogP contribution in [0.25, 0.3) is 11.3 Å². The summed E-state index contributed by atoms with van der Waals surface area (Å²) in [5.41, 5.74) is 9.16. The molecule has 1 aromatic heterocycles. The van der Waals surface area contributed by atoms with E-state index in [0.29, 0.717) is 5.92 Å². The van der Waals surface area contributed by atoms with Gasteiger partial charge in [-0.05, 0) is 17.9 Å². The molecule has 96 valence electrons. The summed E-state index contributed by atoms with van der Waals surface area (Å²) in [4.78, 5) is 0. The van der Waals surface area contributed by atoms with Crippen LogP contribution in [0.2, 0.25) is 0 Å². The number of aromatic nitrogens is 1. The van der Waals surface area contributed by atoms with Crippen LogP contribution in [-0.4, -0.2) is 5.16 Å². The van der Waals surface area contributed by atoms with Gasteiger partial charge in [0, 0.05) is 11.6 Å². The molecular formula is C15H20N2O. The van der Waals surface area contributed by atoms with Crippen LogP contribution >= 0.6 is 0 Å². The molecule has 0 radical (unpaired) electrons. The van der Waals surface area contributed by atoms with Gasteiger partial charge in [0.15, 0.2) is 5.76 Å². The van der Waals surface area contributed by atoms with Crippen molar-refractivity contribution in [3.63, 3.8) is 0 Å². The van der Waals surface area contributed by atoms with Gasteiger partial charge in [-0.3, -0.25) is 0 Å². The zero-order valence-corrected chi connectivity index (χ0v) is 11.2. The van der Waals surface area contributed by atoms with E-state index < -0.39 is 0 Å². The van der Waals surface area contributed by atoms with E-state index in [1.807, 2.05) is 13.0 Å². The van der Waals surface area contributed by atoms with E-state index in [2.05, 4.69) is 43.3 Å². The fourth-order valence-electron chi connectivity index (χ4n) is 1.84. The third kappa shape index (κ3) is 2.62. The molecule has 1 heterocycles. The Balaban J connectivity index is 2.23. The summed E-state index contributed by atoms with van der Waals surface area (Å²) in [7, 11) is 0. The van der Waals surface area contributed by atoms with Crippen LogP contribution in [0, 0.1) is 0 Å². The van der Waals surface area contributed by atoms with Crippen molar-refractivity contribution in [2.45, 2.75) is 39.2 Å². The second-order valence-corrected chi connectivity index (χ2v) is 4.91. The summed E-state index contributed by atoms with van der Waals surface area (Å²) in [6, 6.07) is 10.3. The van der Waals surface area contributed by atoms with E-state index in [-0.39, 0.29) is 6.04 Å². The maximum Gasteiger partial charge on any atom is 0.154 e. The molecule has 0 saturated heterocycles. The number of benzene rings is 1. The van der Waals surface area contributed by atoms with Crippen LogP contribution in [0.4, 0.5) is 0 Å². The zero-order chi connectivity index (χ0) is 13.1. The molecular weight excluding hydrogens is 224 g/mol. The summed E-state index contributed by atoms with van der Waals surface area (Å²) >= 11 is 0. The molecule has 3 nitrogen and oxygen atoms in total. The molecule has 3 heteroatoms. The molecule has 0 aliphatic carbocycles. The lowest BCUT2D eigenvalue weighted by Crippen LogP contribution is -2.06. The van der Waals surface area contributed by atoms with Crippen LogP contribution in [0.1, 0.15) is 50.5 Å². The van der Waals surface area contributed by atoms with Crippen molar-refractivity contribution in [1.29, 1.82) is 0 Å². The molecule has 0 spiro atoms. The van der Waals surface area contributed by atoms with Crippen molar-refractivity contribution in [3.8, 4) is 11.3 Å². The zero-order valence-electron chi connectivity index (χ0n) is 11.2. The highest BCUT2D eigenvalue weighted by Gasteiger charge is 2.12. The third-order valence-electron chi connectivity index (χ3n) is 3.21. The Bertz CT molecular complexity index is 499. The second kappa shape index (κ2) is 5.36. The van der Waals surface area contributed by atoms with Crippen LogP contribution in [0.3, 0.4) is 0 Å². The third-order valence-corrected chi connectivity index (χ3v) is 3.21. The first-order valence-electron chi connectivity index (χ1n) is 6.44. The van der Waals surface area contributed by atoms with Gasteiger partial charge in [0.2, 0.25) is 0 Å². The van der Waals surface area contributed by atoms with E-state index in [0.717, 1.165) is 23.4 Å². The molecule has 0 bridgehead atoms. The van der Waals surface area contributed by atoms with Crippen molar-refractivity contribution in [2.75, 3.05) is 0 Å². The highest BCUT2D eigenvalue weighted by atomic mass is 16.5. The number of nitrogens with zero attached hydrogens (tertiary/aromatic N) is 1. The van der Waals surface area contributed by atoms with E-state index in [4.69, 9.17) is 10.3 Å². The molecule has 18 heavy (non-hydrogen) atoms. The smallest absolute Gasteiger partial charge is 0.154 e. The summed E-state index contributed by atoms with van der Waals surface area (Å²) < 4.78 is 5.27. The van der Waals surface area contributed by atoms with Crippen LogP contribution in [-0.2, 0) is 0 Å². The SMILES string of the molecule is CCC(N)c1cc(-c2ccc(C(C)C)cc2)no1. The average molecular weight is 244 g/mol. The minimum Gasteiger partial charge on any atom is -0.359 e. The monoisotopic (exact) mass is 244 g/mol. The molecule has 1 aromatic carbocycles. The summed E-state index contributed by atoms with van der Waals surface area (Å²) in [5, 5.41) is 4.07. The number of hydrogen-bond acceptors (Lipinski definition) is 3. The lowest BCUT2D eigenvalue weighted by Gasteiger charge is -2.05. The first-order valence-corrected chi connectivity index (χ1v) is 6.44. The van der Waals surface area contributed by atoms with Crippen molar-refractivity contribution in [3.05, 3.63) is 41.7 Å². The van der Waals surface area contributed by atoms with Crippen LogP contribution in [0.15, 0.2) is 34.9 Å². The fourth-order valence-corrected chi connectivity index (χ4v) is 1.84. The summed E-state index contributed by atoms with van der Waals surface area (Å²) in [6.07, 6.45) is 0.848. The van der Waals surface area contributed by atoms with Crippen LogP contribution in [0.5, 0.6) is 0 Å². The Morgan fingerprint density at radius 3 is 2.44 bits per heavy atom. The molecule has 1 unspecified atom stereocenters. The molecule has 2 rings (SSSR count). The molecule has 0 aliphatic heterocycles. The number of nitrogens with two attached hydrogens (primary N) is 1. The predicted molar refractivity (Wildman–Crippen MR) is 73.2 cm³/mol. The van der Waals surface area contributed by atoms with Gasteiger partial charge in [-0.2, -0.15) is 0 Å². The Hall–Kier alpha value is -1.61. The highest BCUT2D eigenvalue weighted by molar-refractivity contribution is 5.59. The Labute approximate surface area is 108 Å². The molecule has 2 aromatic rings. The first-order chi connectivity index (χ1) is 8.61. The van der Waals surface area contributed by atoms with Gasteiger partial charge in [-0.1, -0.05) is 50.2 Å². The summed E-state index contributed by atoms with van der Waals surface area (Å²) in [5.74, 6) is 1.29. The van der Waals surface area contributed by atoms with Gasteiger partial charge in [-0.15, -0.1) is 0 Å². The van der Waals surface area contributed by atoms with Crippen LogP contribution < -0.4 is 5.73 Å². The van der Waals surface area contributed by atoms with Crippen molar-refractivity contribution in [1.82, 2.24) is 5.16 Å². The highest BCUT2D eigenvalue weighted by Crippen LogP contribution is 2.24. The molecule has 0 amide bonds. The predicted octanol–water partition coefficient (Wildman–Crippen LogP) is 3.87. The van der Waals surface area contributed by atoms with Crippen molar-refractivity contribution < 1.29 is 4.52 Å².